The zero-order valence-corrected chi connectivity index (χ0v) is 8.80. The number of methoxy groups -OCH3 is 1. The first kappa shape index (κ1) is 10.6. The van der Waals surface area contributed by atoms with Crippen LogP contribution in [0.3, 0.4) is 0 Å². The molecule has 0 radical (unpaired) electrons. The second-order valence-electron chi connectivity index (χ2n) is 3.32. The summed E-state index contributed by atoms with van der Waals surface area (Å²) in [5, 5.41) is 9.69. The van der Waals surface area contributed by atoms with Gasteiger partial charge in [-0.05, 0) is 12.1 Å². The van der Waals surface area contributed by atoms with Crippen molar-refractivity contribution < 1.29 is 14.6 Å². The Bertz CT molecular complexity index is 537. The predicted octanol–water partition coefficient (Wildman–Crippen LogP) is 1.42. The van der Waals surface area contributed by atoms with Gasteiger partial charge in [-0.15, -0.1) is 0 Å². The number of hydrogen-bond acceptors (Lipinski definition) is 4. The number of pyridine rings is 1. The lowest BCUT2D eigenvalue weighted by Crippen LogP contribution is -2.07. The van der Waals surface area contributed by atoms with Crippen LogP contribution in [-0.4, -0.2) is 29.6 Å². The number of para-hydroxylation sites is 1. The third-order valence-corrected chi connectivity index (χ3v) is 2.33. The van der Waals surface area contributed by atoms with Gasteiger partial charge in [0.2, 0.25) is 5.88 Å². The number of carbonyl (C=O) groups excluding carboxylic acids is 1. The van der Waals surface area contributed by atoms with Crippen LogP contribution in [0.1, 0.15) is 10.4 Å². The Balaban J connectivity index is 2.67. The monoisotopic (exact) mass is 217 g/mol. The molecule has 1 heterocycles. The van der Waals surface area contributed by atoms with Crippen molar-refractivity contribution in [3.63, 3.8) is 0 Å². The van der Waals surface area contributed by atoms with E-state index < -0.39 is 12.4 Å². The van der Waals surface area contributed by atoms with E-state index in [1.165, 1.54) is 7.11 Å². The Kier molecular flexibility index (Phi) is 2.83. The summed E-state index contributed by atoms with van der Waals surface area (Å²) in [7, 11) is 1.45. The highest BCUT2D eigenvalue weighted by atomic mass is 16.5. The molecule has 0 aliphatic carbocycles. The summed E-state index contributed by atoms with van der Waals surface area (Å²) in [5.74, 6) is -0.146. The van der Waals surface area contributed by atoms with Gasteiger partial charge in [0.05, 0.1) is 18.2 Å². The van der Waals surface area contributed by atoms with Crippen LogP contribution in [0.5, 0.6) is 5.88 Å². The number of aliphatic hydroxyl groups excluding tert-OH is 1. The number of aromatic nitrogens is 1. The highest BCUT2D eigenvalue weighted by molar-refractivity contribution is 6.01. The Labute approximate surface area is 92.5 Å². The number of rotatable bonds is 3. The third-order valence-electron chi connectivity index (χ3n) is 2.33. The molecule has 2 aromatic rings. The number of ketones is 1. The van der Waals surface area contributed by atoms with Crippen LogP contribution >= 0.6 is 0 Å². The first-order valence-electron chi connectivity index (χ1n) is 4.84. The van der Waals surface area contributed by atoms with E-state index in [9.17, 15) is 4.79 Å². The minimum absolute atomic E-state index is 0.248. The molecule has 0 aliphatic rings. The molecule has 1 aromatic heterocycles. The number of ether oxygens (including phenoxy) is 1. The molecule has 0 unspecified atom stereocenters. The van der Waals surface area contributed by atoms with E-state index in [0.29, 0.717) is 5.56 Å². The van der Waals surface area contributed by atoms with Gasteiger partial charge >= 0.3 is 0 Å². The van der Waals surface area contributed by atoms with Crippen molar-refractivity contribution in [1.82, 2.24) is 4.98 Å². The molecule has 0 aliphatic heterocycles. The molecule has 0 fully saturated rings. The predicted molar refractivity (Wildman–Crippen MR) is 59.7 cm³/mol. The number of fused-ring (bicyclic) bond motifs is 1. The molecule has 0 amide bonds. The maximum atomic E-state index is 11.5. The van der Waals surface area contributed by atoms with Crippen molar-refractivity contribution in [1.29, 1.82) is 0 Å². The van der Waals surface area contributed by atoms with Crippen LogP contribution in [-0.2, 0) is 0 Å². The molecule has 0 saturated carbocycles. The first-order valence-corrected chi connectivity index (χ1v) is 4.84. The van der Waals surface area contributed by atoms with E-state index >= 15 is 0 Å². The summed E-state index contributed by atoms with van der Waals surface area (Å²) < 4.78 is 5.03. The van der Waals surface area contributed by atoms with Crippen molar-refractivity contribution >= 4 is 16.7 Å². The van der Waals surface area contributed by atoms with Gasteiger partial charge in [0.1, 0.15) is 6.61 Å². The van der Waals surface area contributed by atoms with Crippen LogP contribution in [0.4, 0.5) is 0 Å². The molecule has 4 heteroatoms. The summed E-state index contributed by atoms with van der Waals surface area (Å²) >= 11 is 0. The van der Waals surface area contributed by atoms with Gasteiger partial charge in [-0.3, -0.25) is 4.79 Å². The molecule has 0 spiro atoms. The normalized spacial score (nSPS) is 10.4. The third kappa shape index (κ3) is 1.75. The topological polar surface area (TPSA) is 59.4 Å². The quantitative estimate of drug-likeness (QED) is 0.790. The van der Waals surface area contributed by atoms with Gasteiger partial charge in [0.15, 0.2) is 5.78 Å². The number of Topliss-reactive ketones (excluding diaryl/α,β-unsaturated/α-hetero) is 1. The highest BCUT2D eigenvalue weighted by Gasteiger charge is 2.13. The SMILES string of the molecule is COc1nc2ccccc2cc1C(=O)CO. The van der Waals surface area contributed by atoms with E-state index in [-0.39, 0.29) is 5.88 Å². The van der Waals surface area contributed by atoms with Gasteiger partial charge < -0.3 is 9.84 Å². The molecule has 16 heavy (non-hydrogen) atoms. The largest absolute Gasteiger partial charge is 0.480 e. The Morgan fingerprint density at radius 3 is 2.88 bits per heavy atom. The van der Waals surface area contributed by atoms with Gasteiger partial charge in [0, 0.05) is 5.39 Å². The Hall–Kier alpha value is -1.94. The lowest BCUT2D eigenvalue weighted by atomic mass is 10.1. The second-order valence-corrected chi connectivity index (χ2v) is 3.32. The molecule has 1 aromatic carbocycles. The number of carbonyl (C=O) groups is 1. The molecule has 0 saturated heterocycles. The van der Waals surface area contributed by atoms with Crippen LogP contribution in [0.2, 0.25) is 0 Å². The van der Waals surface area contributed by atoms with Crippen LogP contribution < -0.4 is 4.74 Å². The van der Waals surface area contributed by atoms with Crippen molar-refractivity contribution in [2.45, 2.75) is 0 Å². The Morgan fingerprint density at radius 1 is 1.44 bits per heavy atom. The molecule has 0 atom stereocenters. The van der Waals surface area contributed by atoms with E-state index in [0.717, 1.165) is 10.9 Å². The van der Waals surface area contributed by atoms with E-state index in [4.69, 9.17) is 9.84 Å². The van der Waals surface area contributed by atoms with Crippen molar-refractivity contribution in [3.05, 3.63) is 35.9 Å². The molecular formula is C12H11NO3. The zero-order chi connectivity index (χ0) is 11.5. The smallest absolute Gasteiger partial charge is 0.224 e. The molecule has 4 nitrogen and oxygen atoms in total. The van der Waals surface area contributed by atoms with E-state index in [1.54, 1.807) is 6.07 Å². The number of hydrogen-bond donors (Lipinski definition) is 1. The summed E-state index contributed by atoms with van der Waals surface area (Å²) in [6.45, 7) is -0.545. The Morgan fingerprint density at radius 2 is 2.19 bits per heavy atom. The average molecular weight is 217 g/mol. The van der Waals surface area contributed by atoms with Crippen molar-refractivity contribution in [2.24, 2.45) is 0 Å². The number of benzene rings is 1. The summed E-state index contributed by atoms with van der Waals surface area (Å²) in [6, 6.07) is 9.10. The molecule has 1 N–H and O–H groups in total. The van der Waals surface area contributed by atoms with Gasteiger partial charge in [-0.2, -0.15) is 0 Å². The lowest BCUT2D eigenvalue weighted by Gasteiger charge is -2.07. The maximum absolute atomic E-state index is 11.5. The highest BCUT2D eigenvalue weighted by Crippen LogP contribution is 2.22. The molecular weight excluding hydrogens is 206 g/mol. The van der Waals surface area contributed by atoms with Crippen LogP contribution in [0.25, 0.3) is 10.9 Å². The average Bonchev–Trinajstić information content (AvgIpc) is 2.36. The molecule has 2 rings (SSSR count). The van der Waals surface area contributed by atoms with Crippen LogP contribution in [0, 0.1) is 0 Å². The van der Waals surface area contributed by atoms with E-state index in [1.807, 2.05) is 24.3 Å². The zero-order valence-electron chi connectivity index (χ0n) is 8.80. The fourth-order valence-electron chi connectivity index (χ4n) is 1.54. The fraction of sp³-hybridized carbons (Fsp3) is 0.167. The second kappa shape index (κ2) is 4.28. The molecule has 82 valence electrons. The minimum Gasteiger partial charge on any atom is -0.480 e. The van der Waals surface area contributed by atoms with Gasteiger partial charge in [-0.25, -0.2) is 4.98 Å². The van der Waals surface area contributed by atoms with Crippen molar-refractivity contribution in [3.8, 4) is 5.88 Å². The number of aliphatic hydroxyl groups is 1. The lowest BCUT2D eigenvalue weighted by molar-refractivity contribution is 0.0900. The van der Waals surface area contributed by atoms with E-state index in [2.05, 4.69) is 4.98 Å². The first-order chi connectivity index (χ1) is 7.76. The summed E-state index contributed by atoms with van der Waals surface area (Å²) in [4.78, 5) is 15.7. The molecule has 0 bridgehead atoms. The fourth-order valence-corrected chi connectivity index (χ4v) is 1.54. The van der Waals surface area contributed by atoms with Gasteiger partial charge in [0.25, 0.3) is 0 Å². The minimum atomic E-state index is -0.545. The van der Waals surface area contributed by atoms with Gasteiger partial charge in [-0.1, -0.05) is 18.2 Å². The summed E-state index contributed by atoms with van der Waals surface area (Å²) in [6.07, 6.45) is 0. The standard InChI is InChI=1S/C12H11NO3/c1-16-12-9(11(15)7-14)6-8-4-2-3-5-10(8)13-12/h2-6,14H,7H2,1H3. The van der Waals surface area contributed by atoms with Crippen molar-refractivity contribution in [2.75, 3.05) is 13.7 Å². The summed E-state index contributed by atoms with van der Waals surface area (Å²) in [5.41, 5.74) is 1.07. The van der Waals surface area contributed by atoms with Crippen LogP contribution in [0.15, 0.2) is 30.3 Å². The maximum Gasteiger partial charge on any atom is 0.224 e. The number of nitrogens with zero attached hydrogens (tertiary/aromatic N) is 1.